The number of rotatable bonds is 44. The van der Waals surface area contributed by atoms with Crippen LogP contribution < -0.4 is 0 Å². The van der Waals surface area contributed by atoms with Crippen molar-refractivity contribution < 1.29 is 28.6 Å². The van der Waals surface area contributed by atoms with Gasteiger partial charge in [-0.1, -0.05) is 197 Å². The normalized spacial score (nSPS) is 12.5. The third-order valence-corrected chi connectivity index (χ3v) is 10.5. The highest BCUT2D eigenvalue weighted by molar-refractivity contribution is 5.71. The molecular weight excluding hydrogens is 733 g/mol. The van der Waals surface area contributed by atoms with Gasteiger partial charge in [-0.15, -0.1) is 0 Å². The molecule has 6 nitrogen and oxygen atoms in total. The summed E-state index contributed by atoms with van der Waals surface area (Å²) >= 11 is 0. The first-order valence-corrected chi connectivity index (χ1v) is 24.8. The fourth-order valence-corrected chi connectivity index (χ4v) is 6.78. The van der Waals surface area contributed by atoms with Gasteiger partial charge in [0.2, 0.25) is 0 Å². The molecule has 59 heavy (non-hydrogen) atoms. The van der Waals surface area contributed by atoms with Crippen molar-refractivity contribution in [3.8, 4) is 0 Å². The zero-order chi connectivity index (χ0) is 43.0. The van der Waals surface area contributed by atoms with Gasteiger partial charge in [0, 0.05) is 19.3 Å². The van der Waals surface area contributed by atoms with E-state index in [9.17, 15) is 14.4 Å². The lowest BCUT2D eigenvalue weighted by atomic mass is 10.1. The second-order valence-corrected chi connectivity index (χ2v) is 16.3. The SMILES string of the molecule is CC/C=C\C/C=C\C/C=C\C/C=C\CCCCC(=O)OC[C@H](COC(=O)CCCCCCCCCCCCC)OC(=O)CCCCCCCCC/C=C\CCCCCC. The van der Waals surface area contributed by atoms with E-state index in [1.807, 2.05) is 0 Å². The van der Waals surface area contributed by atoms with Crippen LogP contribution in [0.25, 0.3) is 0 Å². The van der Waals surface area contributed by atoms with Crippen molar-refractivity contribution in [2.45, 2.75) is 245 Å². The van der Waals surface area contributed by atoms with Crippen molar-refractivity contribution in [1.82, 2.24) is 0 Å². The van der Waals surface area contributed by atoms with Gasteiger partial charge in [0.15, 0.2) is 6.10 Å². The maximum absolute atomic E-state index is 12.8. The van der Waals surface area contributed by atoms with Crippen LogP contribution in [-0.2, 0) is 28.6 Å². The molecule has 0 aliphatic rings. The monoisotopic (exact) mass is 825 g/mol. The maximum Gasteiger partial charge on any atom is 0.306 e. The number of esters is 3. The second kappa shape index (κ2) is 47.8. The zero-order valence-electron chi connectivity index (χ0n) is 38.8. The van der Waals surface area contributed by atoms with Gasteiger partial charge in [-0.3, -0.25) is 14.4 Å². The Balaban J connectivity index is 4.44. The van der Waals surface area contributed by atoms with Crippen LogP contribution in [0.2, 0.25) is 0 Å². The van der Waals surface area contributed by atoms with Gasteiger partial charge in [0.05, 0.1) is 0 Å². The molecule has 0 heterocycles. The second-order valence-electron chi connectivity index (χ2n) is 16.3. The molecule has 0 spiro atoms. The Morgan fingerprint density at radius 1 is 0.356 bits per heavy atom. The van der Waals surface area contributed by atoms with Crippen LogP contribution in [0.4, 0.5) is 0 Å². The smallest absolute Gasteiger partial charge is 0.306 e. The Hall–Kier alpha value is -2.89. The molecule has 0 aliphatic carbocycles. The molecule has 0 rings (SSSR count). The summed E-state index contributed by atoms with van der Waals surface area (Å²) in [4.78, 5) is 37.9. The van der Waals surface area contributed by atoms with E-state index in [1.54, 1.807) is 0 Å². The summed E-state index contributed by atoms with van der Waals surface area (Å²) in [6.45, 7) is 6.46. The standard InChI is InChI=1S/C53H92O6/c1-4-7-10-13-16-19-22-24-26-28-31-34-37-40-43-46-52(55)58-49-50(48-57-51(54)45-42-39-36-33-30-21-18-15-12-9-6-3)59-53(56)47-44-41-38-35-32-29-27-25-23-20-17-14-11-8-5-2/h7,10,16,19-20,23-24,26,31,34,50H,4-6,8-9,11-15,17-18,21-22,25,27-30,32-33,35-49H2,1-3H3/b10-7-,19-16-,23-20-,26-24-,34-31-/t50-/m0/s1. The minimum Gasteiger partial charge on any atom is -0.462 e. The van der Waals surface area contributed by atoms with E-state index in [4.69, 9.17) is 14.2 Å². The summed E-state index contributed by atoms with van der Waals surface area (Å²) in [6, 6.07) is 0. The number of carbonyl (C=O) groups is 3. The summed E-state index contributed by atoms with van der Waals surface area (Å²) in [5.74, 6) is -0.934. The van der Waals surface area contributed by atoms with E-state index in [0.29, 0.717) is 19.3 Å². The molecule has 0 aromatic heterocycles. The zero-order valence-corrected chi connectivity index (χ0v) is 38.8. The van der Waals surface area contributed by atoms with Crippen molar-refractivity contribution in [2.75, 3.05) is 13.2 Å². The average molecular weight is 825 g/mol. The summed E-state index contributed by atoms with van der Waals surface area (Å²) in [5, 5.41) is 0. The predicted octanol–water partition coefficient (Wildman–Crippen LogP) is 16.1. The first-order chi connectivity index (χ1) is 29.0. The van der Waals surface area contributed by atoms with Crippen LogP contribution in [0.3, 0.4) is 0 Å². The molecule has 0 aliphatic heterocycles. The average Bonchev–Trinajstić information content (AvgIpc) is 3.23. The molecule has 0 unspecified atom stereocenters. The summed E-state index contributed by atoms with van der Waals surface area (Å²) in [5.41, 5.74) is 0. The minimum absolute atomic E-state index is 0.0875. The molecule has 0 aromatic rings. The van der Waals surface area contributed by atoms with Crippen molar-refractivity contribution in [3.05, 3.63) is 60.8 Å². The van der Waals surface area contributed by atoms with Gasteiger partial charge >= 0.3 is 17.9 Å². The van der Waals surface area contributed by atoms with E-state index in [-0.39, 0.29) is 31.1 Å². The van der Waals surface area contributed by atoms with Crippen molar-refractivity contribution >= 4 is 17.9 Å². The lowest BCUT2D eigenvalue weighted by molar-refractivity contribution is -0.167. The van der Waals surface area contributed by atoms with Crippen LogP contribution in [-0.4, -0.2) is 37.2 Å². The Kier molecular flexibility index (Phi) is 45.4. The summed E-state index contributed by atoms with van der Waals surface area (Å²) in [7, 11) is 0. The Bertz CT molecular complexity index is 1090. The number of hydrogen-bond donors (Lipinski definition) is 0. The van der Waals surface area contributed by atoms with Crippen molar-refractivity contribution in [3.63, 3.8) is 0 Å². The molecule has 0 aromatic carbocycles. The highest BCUT2D eigenvalue weighted by Crippen LogP contribution is 2.14. The predicted molar refractivity (Wildman–Crippen MR) is 251 cm³/mol. The van der Waals surface area contributed by atoms with Crippen LogP contribution in [0.15, 0.2) is 60.8 Å². The molecule has 0 radical (unpaired) electrons. The quantitative estimate of drug-likeness (QED) is 0.0263. The van der Waals surface area contributed by atoms with E-state index in [0.717, 1.165) is 83.5 Å². The summed E-state index contributed by atoms with van der Waals surface area (Å²) < 4.78 is 16.7. The molecule has 0 bridgehead atoms. The fourth-order valence-electron chi connectivity index (χ4n) is 6.78. The Labute approximate surface area is 364 Å². The molecular formula is C53H92O6. The number of carbonyl (C=O) groups excluding carboxylic acids is 3. The van der Waals surface area contributed by atoms with Crippen molar-refractivity contribution in [1.29, 1.82) is 0 Å². The number of hydrogen-bond acceptors (Lipinski definition) is 6. The largest absolute Gasteiger partial charge is 0.462 e. The van der Waals surface area contributed by atoms with E-state index in [2.05, 4.69) is 81.5 Å². The van der Waals surface area contributed by atoms with Gasteiger partial charge in [-0.25, -0.2) is 0 Å². The molecule has 0 saturated heterocycles. The van der Waals surface area contributed by atoms with Gasteiger partial charge in [-0.05, 0) is 83.5 Å². The number of ether oxygens (including phenoxy) is 3. The van der Waals surface area contributed by atoms with Crippen molar-refractivity contribution in [2.24, 2.45) is 0 Å². The molecule has 0 fully saturated rings. The Morgan fingerprint density at radius 2 is 0.661 bits per heavy atom. The van der Waals surface area contributed by atoms with Crippen LogP contribution >= 0.6 is 0 Å². The number of unbranched alkanes of at least 4 members (excludes halogenated alkanes) is 23. The minimum atomic E-state index is -0.789. The summed E-state index contributed by atoms with van der Waals surface area (Å²) in [6.07, 6.45) is 57.7. The van der Waals surface area contributed by atoms with Crippen LogP contribution in [0, 0.1) is 0 Å². The lowest BCUT2D eigenvalue weighted by Crippen LogP contribution is -2.30. The van der Waals surface area contributed by atoms with Crippen LogP contribution in [0.5, 0.6) is 0 Å². The van der Waals surface area contributed by atoms with E-state index >= 15 is 0 Å². The lowest BCUT2D eigenvalue weighted by Gasteiger charge is -2.18. The van der Waals surface area contributed by atoms with Gasteiger partial charge in [0.25, 0.3) is 0 Å². The first kappa shape index (κ1) is 56.1. The molecule has 0 amide bonds. The molecule has 6 heteroatoms. The van der Waals surface area contributed by atoms with E-state index < -0.39 is 6.10 Å². The third kappa shape index (κ3) is 46.0. The van der Waals surface area contributed by atoms with Gasteiger partial charge < -0.3 is 14.2 Å². The first-order valence-electron chi connectivity index (χ1n) is 24.8. The number of allylic oxidation sites excluding steroid dienone is 10. The third-order valence-electron chi connectivity index (χ3n) is 10.5. The molecule has 0 saturated carbocycles. The molecule has 0 N–H and O–H groups in total. The maximum atomic E-state index is 12.8. The highest BCUT2D eigenvalue weighted by atomic mass is 16.6. The highest BCUT2D eigenvalue weighted by Gasteiger charge is 2.19. The molecule has 1 atom stereocenters. The van der Waals surface area contributed by atoms with Gasteiger partial charge in [-0.2, -0.15) is 0 Å². The fraction of sp³-hybridized carbons (Fsp3) is 0.755. The Morgan fingerprint density at radius 3 is 1.10 bits per heavy atom. The topological polar surface area (TPSA) is 78.9 Å². The van der Waals surface area contributed by atoms with Gasteiger partial charge in [0.1, 0.15) is 13.2 Å². The van der Waals surface area contributed by atoms with Crippen LogP contribution in [0.1, 0.15) is 239 Å². The molecule has 340 valence electrons. The van der Waals surface area contributed by atoms with E-state index in [1.165, 1.54) is 116 Å².